The molecule has 4 heteroatoms. The van der Waals surface area contributed by atoms with Crippen molar-refractivity contribution in [3.8, 4) is 0 Å². The van der Waals surface area contributed by atoms with Crippen LogP contribution < -0.4 is 0 Å². The van der Waals surface area contributed by atoms with Crippen LogP contribution in [0.15, 0.2) is 12.4 Å². The van der Waals surface area contributed by atoms with Gasteiger partial charge in [0.15, 0.2) is 5.82 Å². The van der Waals surface area contributed by atoms with E-state index < -0.39 is 0 Å². The van der Waals surface area contributed by atoms with Crippen molar-refractivity contribution in [3.63, 3.8) is 0 Å². The number of ether oxygens (including phenoxy) is 1. The van der Waals surface area contributed by atoms with Gasteiger partial charge in [0.25, 0.3) is 0 Å². The first-order valence-corrected chi connectivity index (χ1v) is 6.76. The van der Waals surface area contributed by atoms with Gasteiger partial charge < -0.3 is 9.84 Å². The number of nitrogens with zero attached hydrogens (tertiary/aromatic N) is 2. The molecule has 1 N–H and O–H groups in total. The van der Waals surface area contributed by atoms with Gasteiger partial charge in [-0.2, -0.15) is 0 Å². The van der Waals surface area contributed by atoms with E-state index in [1.807, 2.05) is 6.92 Å². The van der Waals surface area contributed by atoms with Gasteiger partial charge in [0, 0.05) is 24.6 Å². The average Bonchev–Trinajstić information content (AvgIpc) is 2.42. The van der Waals surface area contributed by atoms with Crippen molar-refractivity contribution in [1.82, 2.24) is 9.97 Å². The predicted molar refractivity (Wildman–Crippen MR) is 68.9 cm³/mol. The second-order valence-corrected chi connectivity index (χ2v) is 5.18. The maximum absolute atomic E-state index is 9.03. The van der Waals surface area contributed by atoms with Crippen LogP contribution in [0.3, 0.4) is 0 Å². The molecule has 0 aliphatic heterocycles. The summed E-state index contributed by atoms with van der Waals surface area (Å²) in [6.45, 7) is 4.96. The Balaban J connectivity index is 2.22. The summed E-state index contributed by atoms with van der Waals surface area (Å²) in [7, 11) is 0. The largest absolute Gasteiger partial charge is 0.392 e. The molecule has 0 saturated heterocycles. The van der Waals surface area contributed by atoms with Crippen LogP contribution in [0, 0.1) is 5.92 Å². The van der Waals surface area contributed by atoms with Crippen LogP contribution in [0.5, 0.6) is 0 Å². The summed E-state index contributed by atoms with van der Waals surface area (Å²) in [4.78, 5) is 8.79. The number of hydrogen-bond acceptors (Lipinski definition) is 4. The molecule has 0 spiro atoms. The lowest BCUT2D eigenvalue weighted by Crippen LogP contribution is -2.36. The highest BCUT2D eigenvalue weighted by Crippen LogP contribution is 2.40. The lowest BCUT2D eigenvalue weighted by atomic mass is 9.79. The smallest absolute Gasteiger partial charge is 0.160 e. The van der Waals surface area contributed by atoms with Crippen molar-refractivity contribution >= 4 is 0 Å². The third kappa shape index (κ3) is 2.70. The lowest BCUT2D eigenvalue weighted by molar-refractivity contribution is -0.0837. The second kappa shape index (κ2) is 5.76. The van der Waals surface area contributed by atoms with Crippen LogP contribution >= 0.6 is 0 Å². The number of rotatable bonds is 4. The van der Waals surface area contributed by atoms with Crippen LogP contribution in [0.1, 0.15) is 50.9 Å². The van der Waals surface area contributed by atoms with Gasteiger partial charge in [-0.05, 0) is 38.5 Å². The highest BCUT2D eigenvalue weighted by Gasteiger charge is 2.39. The summed E-state index contributed by atoms with van der Waals surface area (Å²) in [5.74, 6) is 1.53. The SMILES string of the molecule is CCOC1(c2ncc(CO)cn2)CCC(C)CC1. The quantitative estimate of drug-likeness (QED) is 0.891. The zero-order chi connectivity index (χ0) is 13.0. The Morgan fingerprint density at radius 1 is 1.33 bits per heavy atom. The van der Waals surface area contributed by atoms with E-state index in [-0.39, 0.29) is 12.2 Å². The number of aliphatic hydroxyl groups excluding tert-OH is 1. The monoisotopic (exact) mass is 250 g/mol. The summed E-state index contributed by atoms with van der Waals surface area (Å²) >= 11 is 0. The summed E-state index contributed by atoms with van der Waals surface area (Å²) in [5, 5.41) is 9.03. The van der Waals surface area contributed by atoms with Gasteiger partial charge in [-0.25, -0.2) is 9.97 Å². The van der Waals surface area contributed by atoms with Gasteiger partial charge in [-0.3, -0.25) is 0 Å². The van der Waals surface area contributed by atoms with E-state index in [2.05, 4.69) is 16.9 Å². The number of aliphatic hydroxyl groups is 1. The van der Waals surface area contributed by atoms with E-state index in [9.17, 15) is 0 Å². The summed E-state index contributed by atoms with van der Waals surface area (Å²) in [6.07, 6.45) is 7.68. The summed E-state index contributed by atoms with van der Waals surface area (Å²) < 4.78 is 5.99. The minimum atomic E-state index is -0.310. The normalized spacial score (nSPS) is 28.3. The minimum Gasteiger partial charge on any atom is -0.392 e. The molecule has 1 aromatic rings. The Morgan fingerprint density at radius 2 is 1.94 bits per heavy atom. The van der Waals surface area contributed by atoms with Crippen molar-refractivity contribution < 1.29 is 9.84 Å². The number of hydrogen-bond donors (Lipinski definition) is 1. The molecular weight excluding hydrogens is 228 g/mol. The maximum atomic E-state index is 9.03. The first kappa shape index (κ1) is 13.4. The maximum Gasteiger partial charge on any atom is 0.160 e. The zero-order valence-electron chi connectivity index (χ0n) is 11.2. The van der Waals surface area contributed by atoms with E-state index in [1.165, 1.54) is 0 Å². The van der Waals surface area contributed by atoms with E-state index >= 15 is 0 Å². The molecule has 1 aliphatic rings. The summed E-state index contributed by atoms with van der Waals surface area (Å²) in [5.41, 5.74) is 0.435. The fraction of sp³-hybridized carbons (Fsp3) is 0.714. The lowest BCUT2D eigenvalue weighted by Gasteiger charge is -2.37. The molecule has 1 aromatic heterocycles. The van der Waals surface area contributed by atoms with Gasteiger partial charge in [0.05, 0.1) is 6.61 Å². The van der Waals surface area contributed by atoms with Crippen LogP contribution in [-0.4, -0.2) is 21.7 Å². The summed E-state index contributed by atoms with van der Waals surface area (Å²) in [6, 6.07) is 0. The van der Waals surface area contributed by atoms with Crippen molar-refractivity contribution in [2.45, 2.75) is 51.7 Å². The Bertz CT molecular complexity index is 370. The van der Waals surface area contributed by atoms with Crippen molar-refractivity contribution in [1.29, 1.82) is 0 Å². The van der Waals surface area contributed by atoms with Gasteiger partial charge >= 0.3 is 0 Å². The standard InChI is InChI=1S/C14H22N2O2/c1-3-18-14(6-4-11(2)5-7-14)13-15-8-12(10-17)9-16-13/h8-9,11,17H,3-7,10H2,1-2H3. The Labute approximate surface area is 108 Å². The van der Waals surface area contributed by atoms with Gasteiger partial charge in [-0.1, -0.05) is 6.92 Å². The molecule has 0 amide bonds. The second-order valence-electron chi connectivity index (χ2n) is 5.18. The van der Waals surface area contributed by atoms with E-state index in [4.69, 9.17) is 9.84 Å². The van der Waals surface area contributed by atoms with Gasteiger partial charge in [-0.15, -0.1) is 0 Å². The van der Waals surface area contributed by atoms with Crippen molar-refractivity contribution in [2.75, 3.05) is 6.61 Å². The third-order valence-electron chi connectivity index (χ3n) is 3.80. The molecule has 0 unspecified atom stereocenters. The molecule has 2 rings (SSSR count). The van der Waals surface area contributed by atoms with E-state index in [1.54, 1.807) is 12.4 Å². The molecule has 4 nitrogen and oxygen atoms in total. The zero-order valence-corrected chi connectivity index (χ0v) is 11.2. The highest BCUT2D eigenvalue weighted by atomic mass is 16.5. The minimum absolute atomic E-state index is 0.0149. The average molecular weight is 250 g/mol. The molecule has 1 heterocycles. The molecule has 0 aromatic carbocycles. The molecule has 18 heavy (non-hydrogen) atoms. The highest BCUT2D eigenvalue weighted by molar-refractivity contribution is 5.10. The molecule has 0 atom stereocenters. The van der Waals surface area contributed by atoms with E-state index in [0.717, 1.165) is 43.0 Å². The van der Waals surface area contributed by atoms with E-state index in [0.29, 0.717) is 6.61 Å². The van der Waals surface area contributed by atoms with Crippen LogP contribution in [0.2, 0.25) is 0 Å². The topological polar surface area (TPSA) is 55.2 Å². The number of aromatic nitrogens is 2. The van der Waals surface area contributed by atoms with Crippen LogP contribution in [0.4, 0.5) is 0 Å². The van der Waals surface area contributed by atoms with Gasteiger partial charge in [0.2, 0.25) is 0 Å². The molecule has 0 bridgehead atoms. The molecule has 1 saturated carbocycles. The first-order valence-electron chi connectivity index (χ1n) is 6.76. The Kier molecular flexibility index (Phi) is 4.30. The van der Waals surface area contributed by atoms with Crippen LogP contribution in [-0.2, 0) is 16.9 Å². The van der Waals surface area contributed by atoms with Gasteiger partial charge in [0.1, 0.15) is 5.60 Å². The fourth-order valence-electron chi connectivity index (χ4n) is 2.61. The molecule has 1 fully saturated rings. The third-order valence-corrected chi connectivity index (χ3v) is 3.80. The molecule has 0 radical (unpaired) electrons. The Hall–Kier alpha value is -1.00. The first-order chi connectivity index (χ1) is 8.70. The van der Waals surface area contributed by atoms with Crippen LogP contribution in [0.25, 0.3) is 0 Å². The Morgan fingerprint density at radius 3 is 2.44 bits per heavy atom. The molecular formula is C14H22N2O2. The predicted octanol–water partition coefficient (Wildman–Crippen LogP) is 2.41. The molecule has 1 aliphatic carbocycles. The fourth-order valence-corrected chi connectivity index (χ4v) is 2.61. The molecule has 100 valence electrons. The van der Waals surface area contributed by atoms with Crippen molar-refractivity contribution in [3.05, 3.63) is 23.8 Å². The van der Waals surface area contributed by atoms with Crippen molar-refractivity contribution in [2.24, 2.45) is 5.92 Å².